The quantitative estimate of drug-likeness (QED) is 0.479. The fourth-order valence-electron chi connectivity index (χ4n) is 3.35. The first-order valence-electron chi connectivity index (χ1n) is 10.7. The second-order valence-corrected chi connectivity index (χ2v) is 7.67. The van der Waals surface area contributed by atoms with Gasteiger partial charge in [0.15, 0.2) is 5.96 Å². The van der Waals surface area contributed by atoms with Crippen LogP contribution in [-0.2, 0) is 11.2 Å². The molecule has 166 valence electrons. The molecule has 0 bridgehead atoms. The van der Waals surface area contributed by atoms with Gasteiger partial charge in [-0.15, -0.1) is 0 Å². The molecule has 8 nitrogen and oxygen atoms in total. The second kappa shape index (κ2) is 12.1. The van der Waals surface area contributed by atoms with Crippen molar-refractivity contribution in [1.29, 1.82) is 0 Å². The zero-order valence-corrected chi connectivity index (χ0v) is 18.7. The summed E-state index contributed by atoms with van der Waals surface area (Å²) in [7, 11) is 0. The van der Waals surface area contributed by atoms with Crippen LogP contribution in [0.4, 0.5) is 5.95 Å². The van der Waals surface area contributed by atoms with E-state index in [0.29, 0.717) is 26.1 Å². The molecule has 1 aromatic heterocycles. The number of aromatic nitrogens is 2. The molecule has 2 N–H and O–H groups in total. The number of carbonyl (C=O) groups is 1. The van der Waals surface area contributed by atoms with Crippen LogP contribution in [0.5, 0.6) is 0 Å². The van der Waals surface area contributed by atoms with E-state index in [-0.39, 0.29) is 5.91 Å². The first kappa shape index (κ1) is 22.8. The van der Waals surface area contributed by atoms with Crippen LogP contribution in [-0.4, -0.2) is 72.5 Å². The lowest BCUT2D eigenvalue weighted by Crippen LogP contribution is -2.49. The molecule has 1 saturated heterocycles. The van der Waals surface area contributed by atoms with Crippen LogP contribution in [0, 0.1) is 0 Å². The SMILES string of the molecule is CCNC(=NCCC(=O)N1CCN(c2ncccn2)CC1)NCCc1ccc(Cl)cc1. The zero-order valence-electron chi connectivity index (χ0n) is 17.9. The Balaban J connectivity index is 1.39. The number of guanidine groups is 1. The molecular formula is C22H30ClN7O. The van der Waals surface area contributed by atoms with Gasteiger partial charge in [-0.2, -0.15) is 0 Å². The number of aliphatic imine (C=N–C) groups is 1. The van der Waals surface area contributed by atoms with Crippen molar-refractivity contribution in [3.8, 4) is 0 Å². The summed E-state index contributed by atoms with van der Waals surface area (Å²) in [5, 5.41) is 7.29. The number of anilines is 1. The van der Waals surface area contributed by atoms with Gasteiger partial charge in [0.1, 0.15) is 0 Å². The topological polar surface area (TPSA) is 85.8 Å². The number of benzene rings is 1. The van der Waals surface area contributed by atoms with Gasteiger partial charge in [0.05, 0.1) is 6.54 Å². The normalized spacial score (nSPS) is 14.5. The summed E-state index contributed by atoms with van der Waals surface area (Å²) >= 11 is 5.93. The number of rotatable bonds is 8. The van der Waals surface area contributed by atoms with Crippen LogP contribution >= 0.6 is 11.6 Å². The predicted octanol–water partition coefficient (Wildman–Crippen LogP) is 1.97. The Hall–Kier alpha value is -2.87. The van der Waals surface area contributed by atoms with Gasteiger partial charge in [-0.1, -0.05) is 23.7 Å². The van der Waals surface area contributed by atoms with Crippen molar-refractivity contribution < 1.29 is 4.79 Å². The Kier molecular flexibility index (Phi) is 8.90. The molecule has 1 aliphatic heterocycles. The smallest absolute Gasteiger partial charge is 0.225 e. The number of nitrogens with zero attached hydrogens (tertiary/aromatic N) is 5. The van der Waals surface area contributed by atoms with Gasteiger partial charge >= 0.3 is 0 Å². The first-order chi connectivity index (χ1) is 15.2. The Labute approximate surface area is 188 Å². The lowest BCUT2D eigenvalue weighted by atomic mass is 10.1. The Morgan fingerprint density at radius 1 is 1.10 bits per heavy atom. The third-order valence-corrected chi connectivity index (χ3v) is 5.28. The van der Waals surface area contributed by atoms with E-state index >= 15 is 0 Å². The van der Waals surface area contributed by atoms with E-state index in [2.05, 4.69) is 30.5 Å². The van der Waals surface area contributed by atoms with Crippen molar-refractivity contribution in [2.75, 3.05) is 50.7 Å². The molecular weight excluding hydrogens is 414 g/mol. The number of amides is 1. The van der Waals surface area contributed by atoms with Gasteiger partial charge < -0.3 is 20.4 Å². The maximum atomic E-state index is 12.6. The molecule has 1 amide bonds. The Bertz CT molecular complexity index is 837. The molecule has 0 atom stereocenters. The van der Waals surface area contributed by atoms with Crippen molar-refractivity contribution in [3.63, 3.8) is 0 Å². The average molecular weight is 444 g/mol. The summed E-state index contributed by atoms with van der Waals surface area (Å²) in [6, 6.07) is 9.65. The van der Waals surface area contributed by atoms with Crippen LogP contribution in [0.2, 0.25) is 5.02 Å². The van der Waals surface area contributed by atoms with E-state index < -0.39 is 0 Å². The van der Waals surface area contributed by atoms with E-state index in [1.165, 1.54) is 5.56 Å². The van der Waals surface area contributed by atoms with Crippen LogP contribution in [0.3, 0.4) is 0 Å². The van der Waals surface area contributed by atoms with E-state index in [4.69, 9.17) is 11.6 Å². The summed E-state index contributed by atoms with van der Waals surface area (Å²) in [6.45, 7) is 6.85. The minimum Gasteiger partial charge on any atom is -0.357 e. The molecule has 0 aliphatic carbocycles. The highest BCUT2D eigenvalue weighted by atomic mass is 35.5. The third-order valence-electron chi connectivity index (χ3n) is 5.03. The zero-order chi connectivity index (χ0) is 21.9. The number of hydrogen-bond acceptors (Lipinski definition) is 5. The van der Waals surface area contributed by atoms with Crippen molar-refractivity contribution in [3.05, 3.63) is 53.3 Å². The molecule has 0 unspecified atom stereocenters. The summed E-state index contributed by atoms with van der Waals surface area (Å²) in [5.41, 5.74) is 1.21. The van der Waals surface area contributed by atoms with Crippen LogP contribution in [0.1, 0.15) is 18.9 Å². The number of halogens is 1. The van der Waals surface area contributed by atoms with E-state index in [1.807, 2.05) is 36.1 Å². The number of carbonyl (C=O) groups excluding carboxylic acids is 1. The molecule has 31 heavy (non-hydrogen) atoms. The third kappa shape index (κ3) is 7.40. The average Bonchev–Trinajstić information content (AvgIpc) is 2.81. The lowest BCUT2D eigenvalue weighted by Gasteiger charge is -2.34. The van der Waals surface area contributed by atoms with Crippen LogP contribution < -0.4 is 15.5 Å². The van der Waals surface area contributed by atoms with Gasteiger partial charge in [-0.25, -0.2) is 9.97 Å². The fourth-order valence-corrected chi connectivity index (χ4v) is 3.48. The summed E-state index contributed by atoms with van der Waals surface area (Å²) in [6.07, 6.45) is 4.75. The molecule has 2 aromatic rings. The fraction of sp³-hybridized carbons (Fsp3) is 0.455. The molecule has 9 heteroatoms. The molecule has 0 spiro atoms. The lowest BCUT2D eigenvalue weighted by molar-refractivity contribution is -0.131. The van der Waals surface area contributed by atoms with Gasteiger partial charge in [0.25, 0.3) is 0 Å². The minimum atomic E-state index is 0.134. The highest BCUT2D eigenvalue weighted by Gasteiger charge is 2.22. The molecule has 3 rings (SSSR count). The van der Waals surface area contributed by atoms with Gasteiger partial charge in [-0.3, -0.25) is 9.79 Å². The maximum absolute atomic E-state index is 12.6. The summed E-state index contributed by atoms with van der Waals surface area (Å²) in [5.74, 6) is 1.59. The first-order valence-corrected chi connectivity index (χ1v) is 11.1. The molecule has 2 heterocycles. The van der Waals surface area contributed by atoms with E-state index in [9.17, 15) is 4.79 Å². The molecule has 0 radical (unpaired) electrons. The van der Waals surface area contributed by atoms with Gasteiger partial charge in [0.2, 0.25) is 11.9 Å². The monoisotopic (exact) mass is 443 g/mol. The van der Waals surface area contributed by atoms with Crippen molar-refractivity contribution in [2.24, 2.45) is 4.99 Å². The van der Waals surface area contributed by atoms with Crippen LogP contribution in [0.25, 0.3) is 0 Å². The maximum Gasteiger partial charge on any atom is 0.225 e. The van der Waals surface area contributed by atoms with E-state index in [1.54, 1.807) is 18.5 Å². The summed E-state index contributed by atoms with van der Waals surface area (Å²) < 4.78 is 0. The second-order valence-electron chi connectivity index (χ2n) is 7.23. The number of piperazine rings is 1. The highest BCUT2D eigenvalue weighted by Crippen LogP contribution is 2.11. The van der Waals surface area contributed by atoms with Gasteiger partial charge in [0, 0.05) is 63.1 Å². The van der Waals surface area contributed by atoms with Crippen molar-refractivity contribution in [1.82, 2.24) is 25.5 Å². The van der Waals surface area contributed by atoms with E-state index in [0.717, 1.165) is 49.5 Å². The Morgan fingerprint density at radius 2 is 1.81 bits per heavy atom. The minimum absolute atomic E-state index is 0.134. The van der Waals surface area contributed by atoms with Gasteiger partial charge in [-0.05, 0) is 37.1 Å². The Morgan fingerprint density at radius 3 is 2.48 bits per heavy atom. The highest BCUT2D eigenvalue weighted by molar-refractivity contribution is 6.30. The van der Waals surface area contributed by atoms with Crippen molar-refractivity contribution in [2.45, 2.75) is 19.8 Å². The summed E-state index contributed by atoms with van der Waals surface area (Å²) in [4.78, 5) is 29.7. The molecule has 1 aliphatic rings. The predicted molar refractivity (Wildman–Crippen MR) is 125 cm³/mol. The molecule has 1 aromatic carbocycles. The molecule has 0 saturated carbocycles. The van der Waals surface area contributed by atoms with Crippen molar-refractivity contribution >= 4 is 29.4 Å². The number of nitrogens with one attached hydrogen (secondary N) is 2. The molecule has 1 fully saturated rings. The standard InChI is InChI=1S/C22H30ClN7O/c1-2-24-21(25-12-8-18-4-6-19(23)7-5-18)26-13-9-20(31)29-14-16-30(17-15-29)22-27-10-3-11-28-22/h3-7,10-11H,2,8-9,12-17H2,1H3,(H2,24,25,26). The van der Waals surface area contributed by atoms with Crippen LogP contribution in [0.15, 0.2) is 47.7 Å². The largest absolute Gasteiger partial charge is 0.357 e. The number of hydrogen-bond donors (Lipinski definition) is 2.